The normalized spacial score (nSPS) is 26.3. The first kappa shape index (κ1) is 24.1. The maximum atomic E-state index is 15.4. The van der Waals surface area contributed by atoms with Crippen molar-refractivity contribution in [2.24, 2.45) is 11.3 Å². The highest BCUT2D eigenvalue weighted by atomic mass is 19.1. The number of halogens is 1. The zero-order chi connectivity index (χ0) is 24.7. The van der Waals surface area contributed by atoms with E-state index in [-0.39, 0.29) is 23.4 Å². The number of carbonyl (C=O) groups is 1. The van der Waals surface area contributed by atoms with Crippen LogP contribution in [0.1, 0.15) is 62.8 Å². The van der Waals surface area contributed by atoms with Crippen LogP contribution in [0, 0.1) is 24.1 Å². The van der Waals surface area contributed by atoms with E-state index in [4.69, 9.17) is 9.47 Å². The van der Waals surface area contributed by atoms with E-state index in [0.717, 1.165) is 73.3 Å². The summed E-state index contributed by atoms with van der Waals surface area (Å²) < 4.78 is 27.1. The van der Waals surface area contributed by atoms with E-state index in [1.54, 1.807) is 6.07 Å². The van der Waals surface area contributed by atoms with Gasteiger partial charge in [0.1, 0.15) is 17.7 Å². The quantitative estimate of drug-likeness (QED) is 0.548. The molecule has 3 aliphatic heterocycles. The molecule has 35 heavy (non-hydrogen) atoms. The van der Waals surface area contributed by atoms with Gasteiger partial charge in [-0.25, -0.2) is 9.18 Å². The van der Waals surface area contributed by atoms with E-state index in [2.05, 4.69) is 31.0 Å². The second kappa shape index (κ2) is 9.45. The molecule has 3 heterocycles. The molecule has 2 aromatic carbocycles. The first-order chi connectivity index (χ1) is 16.7. The number of hydrogen-bond acceptors (Lipinski definition) is 4. The van der Waals surface area contributed by atoms with Crippen LogP contribution in [0.15, 0.2) is 30.3 Å². The van der Waals surface area contributed by atoms with Crippen molar-refractivity contribution in [2.45, 2.75) is 65.5 Å². The second-order valence-electron chi connectivity index (χ2n) is 11.2. The number of nitrogens with one attached hydrogen (secondary N) is 1. The highest BCUT2D eigenvalue weighted by Crippen LogP contribution is 2.47. The Morgan fingerprint density at radius 3 is 2.63 bits per heavy atom. The highest BCUT2D eigenvalue weighted by Gasteiger charge is 2.42. The molecule has 4 aliphatic rings. The van der Waals surface area contributed by atoms with Crippen molar-refractivity contribution in [2.75, 3.05) is 26.2 Å². The summed E-state index contributed by atoms with van der Waals surface area (Å²) in [4.78, 5) is 15.3. The highest BCUT2D eigenvalue weighted by molar-refractivity contribution is 5.71. The number of aryl methyl sites for hydroxylation is 1. The number of alkyl carbamates (subject to hydrolysis) is 1. The number of rotatable bonds is 6. The van der Waals surface area contributed by atoms with E-state index < -0.39 is 6.09 Å². The summed E-state index contributed by atoms with van der Waals surface area (Å²) in [5.41, 5.74) is 4.09. The number of benzene rings is 2. The third-order valence-electron chi connectivity index (χ3n) is 8.03. The summed E-state index contributed by atoms with van der Waals surface area (Å²) in [6.45, 7) is 12.0. The summed E-state index contributed by atoms with van der Waals surface area (Å²) in [7, 11) is 0. The van der Waals surface area contributed by atoms with Gasteiger partial charge >= 0.3 is 6.09 Å². The molecule has 0 unspecified atom stereocenters. The van der Waals surface area contributed by atoms with Crippen LogP contribution < -0.4 is 10.1 Å². The molecule has 188 valence electrons. The van der Waals surface area contributed by atoms with Crippen LogP contribution >= 0.6 is 0 Å². The minimum absolute atomic E-state index is 0.0480. The van der Waals surface area contributed by atoms with Gasteiger partial charge in [0, 0.05) is 12.1 Å². The smallest absolute Gasteiger partial charge is 0.407 e. The molecule has 0 aromatic heterocycles. The molecule has 5 nitrogen and oxygen atoms in total. The van der Waals surface area contributed by atoms with Gasteiger partial charge in [0.2, 0.25) is 0 Å². The molecule has 2 bridgehead atoms. The van der Waals surface area contributed by atoms with Crippen molar-refractivity contribution < 1.29 is 18.7 Å². The van der Waals surface area contributed by atoms with E-state index in [0.29, 0.717) is 18.1 Å². The van der Waals surface area contributed by atoms with Crippen LogP contribution in [0.5, 0.6) is 5.75 Å². The number of carbonyl (C=O) groups excluding carboxylic acids is 1. The number of amides is 1. The van der Waals surface area contributed by atoms with Crippen molar-refractivity contribution in [1.82, 2.24) is 10.2 Å². The summed E-state index contributed by atoms with van der Waals surface area (Å²) >= 11 is 0. The molecule has 2 aromatic rings. The van der Waals surface area contributed by atoms with Crippen molar-refractivity contribution in [1.29, 1.82) is 0 Å². The van der Waals surface area contributed by atoms with Gasteiger partial charge in [0.15, 0.2) is 0 Å². The maximum Gasteiger partial charge on any atom is 0.407 e. The van der Waals surface area contributed by atoms with Crippen LogP contribution in [0.25, 0.3) is 11.1 Å². The van der Waals surface area contributed by atoms with Gasteiger partial charge in [0.25, 0.3) is 0 Å². The third-order valence-corrected chi connectivity index (χ3v) is 8.03. The molecule has 0 radical (unpaired) electrons. The van der Waals surface area contributed by atoms with Crippen LogP contribution in [-0.4, -0.2) is 43.3 Å². The molecular formula is C29H37FN2O3. The summed E-state index contributed by atoms with van der Waals surface area (Å²) in [5, 5.41) is 3.09. The molecule has 0 spiro atoms. The lowest BCUT2D eigenvalue weighted by molar-refractivity contribution is -0.0349. The molecule has 6 rings (SSSR count). The van der Waals surface area contributed by atoms with Crippen LogP contribution in [0.4, 0.5) is 9.18 Å². The summed E-state index contributed by atoms with van der Waals surface area (Å²) in [6, 6.07) is 9.09. The van der Waals surface area contributed by atoms with Crippen LogP contribution in [-0.2, 0) is 11.2 Å². The summed E-state index contributed by atoms with van der Waals surface area (Å²) in [6.07, 6.45) is 3.45. The number of hydrogen-bond donors (Lipinski definition) is 1. The fourth-order valence-corrected chi connectivity index (χ4v) is 6.09. The predicted octanol–water partition coefficient (Wildman–Crippen LogP) is 6.03. The van der Waals surface area contributed by atoms with Gasteiger partial charge in [-0.15, -0.1) is 0 Å². The van der Waals surface area contributed by atoms with E-state index in [1.807, 2.05) is 31.2 Å². The van der Waals surface area contributed by atoms with Gasteiger partial charge < -0.3 is 14.8 Å². The Labute approximate surface area is 208 Å². The minimum atomic E-state index is -0.391. The topological polar surface area (TPSA) is 50.8 Å². The SMILES string of the molecule is CCCOc1ccc(-c2cc3c(cc2F)[C@H](NC(=O)O[C@@H]2CN4CCC2CC4)C(C)(C)C3)cc1C. The van der Waals surface area contributed by atoms with E-state index in [9.17, 15) is 4.79 Å². The summed E-state index contributed by atoms with van der Waals surface area (Å²) in [5.74, 6) is 1.02. The maximum absolute atomic E-state index is 15.4. The Hall–Kier alpha value is -2.60. The zero-order valence-corrected chi connectivity index (χ0v) is 21.3. The van der Waals surface area contributed by atoms with Crippen LogP contribution in [0.2, 0.25) is 0 Å². The fourth-order valence-electron chi connectivity index (χ4n) is 6.09. The number of ether oxygens (including phenoxy) is 2. The fraction of sp³-hybridized carbons (Fsp3) is 0.552. The Bertz CT molecular complexity index is 1110. The van der Waals surface area contributed by atoms with Gasteiger partial charge in [-0.05, 0) is 104 Å². The average molecular weight is 481 g/mol. The second-order valence-corrected chi connectivity index (χ2v) is 11.2. The molecule has 3 fully saturated rings. The largest absolute Gasteiger partial charge is 0.493 e. The van der Waals surface area contributed by atoms with E-state index in [1.165, 1.54) is 0 Å². The van der Waals surface area contributed by atoms with Crippen molar-refractivity contribution in [3.05, 3.63) is 52.8 Å². The average Bonchev–Trinajstić information content (AvgIpc) is 3.07. The molecular weight excluding hydrogens is 443 g/mol. The molecule has 1 aliphatic carbocycles. The number of fused-ring (bicyclic) bond motifs is 4. The Kier molecular flexibility index (Phi) is 6.51. The Morgan fingerprint density at radius 2 is 1.97 bits per heavy atom. The minimum Gasteiger partial charge on any atom is -0.493 e. The van der Waals surface area contributed by atoms with Gasteiger partial charge in [-0.1, -0.05) is 26.8 Å². The Morgan fingerprint density at radius 1 is 1.20 bits per heavy atom. The van der Waals surface area contributed by atoms with Gasteiger partial charge in [-0.3, -0.25) is 4.90 Å². The number of nitrogens with zero attached hydrogens (tertiary/aromatic N) is 1. The molecule has 1 N–H and O–H groups in total. The monoisotopic (exact) mass is 480 g/mol. The number of piperidine rings is 3. The molecule has 0 saturated carbocycles. The standard InChI is InChI=1S/C29H37FN2O3/c1-5-12-34-25-7-6-20(13-18(25)2)22-14-21-16-29(3,4)27(23(21)15-24(22)30)31-28(33)35-26-17-32-10-8-19(26)9-11-32/h6-7,13-15,19,26-27H,5,8-12,16-17H2,1-4H3,(H,31,33)/t26-,27+/m1/s1. The molecule has 3 saturated heterocycles. The van der Waals surface area contributed by atoms with Gasteiger partial charge in [0.05, 0.1) is 12.6 Å². The van der Waals surface area contributed by atoms with Crippen molar-refractivity contribution in [3.8, 4) is 16.9 Å². The first-order valence-electron chi connectivity index (χ1n) is 13.0. The van der Waals surface area contributed by atoms with E-state index >= 15 is 4.39 Å². The predicted molar refractivity (Wildman–Crippen MR) is 135 cm³/mol. The zero-order valence-electron chi connectivity index (χ0n) is 21.3. The lowest BCUT2D eigenvalue weighted by Gasteiger charge is -2.44. The third kappa shape index (κ3) is 4.77. The van der Waals surface area contributed by atoms with Crippen molar-refractivity contribution in [3.63, 3.8) is 0 Å². The first-order valence-corrected chi connectivity index (χ1v) is 13.0. The molecule has 2 atom stereocenters. The lowest BCUT2D eigenvalue weighted by atomic mass is 9.85. The molecule has 1 amide bonds. The lowest BCUT2D eigenvalue weighted by Crippen LogP contribution is -2.53. The molecule has 6 heteroatoms. The van der Waals surface area contributed by atoms with Gasteiger partial charge in [-0.2, -0.15) is 0 Å². The van der Waals surface area contributed by atoms with Crippen molar-refractivity contribution >= 4 is 6.09 Å². The van der Waals surface area contributed by atoms with Crippen LogP contribution in [0.3, 0.4) is 0 Å². The Balaban J connectivity index is 1.35.